The van der Waals surface area contributed by atoms with Crippen LogP contribution in [0.25, 0.3) is 0 Å². The van der Waals surface area contributed by atoms with Gasteiger partial charge in [-0.1, -0.05) is 39.0 Å². The number of allylic oxidation sites excluding steroid dienone is 3. The lowest BCUT2D eigenvalue weighted by molar-refractivity contribution is -0.111. The lowest BCUT2D eigenvalue weighted by Gasteiger charge is -2.14. The maximum Gasteiger partial charge on any atom is 0.176 e. The van der Waals surface area contributed by atoms with E-state index in [1.807, 2.05) is 6.08 Å². The molecule has 0 aromatic carbocycles. The third-order valence-electron chi connectivity index (χ3n) is 2.17. The second kappa shape index (κ2) is 13.5. The van der Waals surface area contributed by atoms with Gasteiger partial charge in [-0.2, -0.15) is 0 Å². The number of hydrogen-bond acceptors (Lipinski definition) is 2. The summed E-state index contributed by atoms with van der Waals surface area (Å²) in [6.45, 7) is 7.88. The van der Waals surface area contributed by atoms with Crippen LogP contribution in [0.1, 0.15) is 52.9 Å². The molecule has 0 heterocycles. The van der Waals surface area contributed by atoms with E-state index in [1.165, 1.54) is 0 Å². The molecule has 0 aromatic rings. The Morgan fingerprint density at radius 2 is 1.41 bits per heavy atom. The van der Waals surface area contributed by atoms with Gasteiger partial charge in [-0.05, 0) is 38.2 Å². The summed E-state index contributed by atoms with van der Waals surface area (Å²) in [5.74, 6) is 0. The zero-order valence-electron chi connectivity index (χ0n) is 11.7. The second-order valence-corrected chi connectivity index (χ2v) is 4.00. The number of ether oxygens (including phenoxy) is 2. The van der Waals surface area contributed by atoms with Crippen molar-refractivity contribution in [1.82, 2.24) is 0 Å². The Morgan fingerprint density at radius 3 is 1.94 bits per heavy atom. The molecule has 0 aromatic heterocycles. The van der Waals surface area contributed by atoms with Crippen LogP contribution in [-0.2, 0) is 9.47 Å². The minimum absolute atomic E-state index is 0.162. The highest BCUT2D eigenvalue weighted by Crippen LogP contribution is 2.02. The van der Waals surface area contributed by atoms with E-state index in [4.69, 9.17) is 9.47 Å². The largest absolute Gasteiger partial charge is 0.349 e. The van der Waals surface area contributed by atoms with Crippen LogP contribution < -0.4 is 0 Å². The molecule has 0 rings (SSSR count). The second-order valence-electron chi connectivity index (χ2n) is 4.00. The average Bonchev–Trinajstić information content (AvgIpc) is 2.35. The average molecular weight is 240 g/mol. The summed E-state index contributed by atoms with van der Waals surface area (Å²) >= 11 is 0. The summed E-state index contributed by atoms with van der Waals surface area (Å²) in [6.07, 6.45) is 13.8. The molecule has 0 amide bonds. The van der Waals surface area contributed by atoms with Crippen molar-refractivity contribution in [2.75, 3.05) is 13.2 Å². The first-order valence-electron chi connectivity index (χ1n) is 6.89. The van der Waals surface area contributed by atoms with Gasteiger partial charge >= 0.3 is 0 Å². The quantitative estimate of drug-likeness (QED) is 0.301. The van der Waals surface area contributed by atoms with Gasteiger partial charge in [0.1, 0.15) is 0 Å². The Labute approximate surface area is 107 Å². The summed E-state index contributed by atoms with van der Waals surface area (Å²) in [5.41, 5.74) is 0. The molecule has 0 spiro atoms. The fourth-order valence-electron chi connectivity index (χ4n) is 1.31. The third kappa shape index (κ3) is 11.7. The normalized spacial score (nSPS) is 12.2. The smallest absolute Gasteiger partial charge is 0.176 e. The van der Waals surface area contributed by atoms with Gasteiger partial charge in [0, 0.05) is 13.2 Å². The minimum Gasteiger partial charge on any atom is -0.349 e. The van der Waals surface area contributed by atoms with Crippen molar-refractivity contribution in [1.29, 1.82) is 0 Å². The molecule has 2 nitrogen and oxygen atoms in total. The molecule has 17 heavy (non-hydrogen) atoms. The maximum absolute atomic E-state index is 5.59. The van der Waals surface area contributed by atoms with Gasteiger partial charge < -0.3 is 9.47 Å². The number of rotatable bonds is 11. The summed E-state index contributed by atoms with van der Waals surface area (Å²) in [7, 11) is 0. The van der Waals surface area contributed by atoms with Gasteiger partial charge in [-0.15, -0.1) is 0 Å². The molecule has 0 fully saturated rings. The first kappa shape index (κ1) is 16.4. The van der Waals surface area contributed by atoms with E-state index < -0.39 is 0 Å². The maximum atomic E-state index is 5.59. The van der Waals surface area contributed by atoms with E-state index in [-0.39, 0.29) is 6.29 Å². The number of unbranched alkanes of at least 4 members (excludes halogenated alkanes) is 1. The predicted molar refractivity (Wildman–Crippen MR) is 74.1 cm³/mol. The molecule has 100 valence electrons. The van der Waals surface area contributed by atoms with Gasteiger partial charge in [-0.25, -0.2) is 0 Å². The predicted octanol–water partition coefficient (Wildman–Crippen LogP) is 4.47. The molecule has 0 atom stereocenters. The fourth-order valence-corrected chi connectivity index (χ4v) is 1.31. The zero-order valence-corrected chi connectivity index (χ0v) is 11.7. The minimum atomic E-state index is -0.162. The third-order valence-corrected chi connectivity index (χ3v) is 2.17. The first-order chi connectivity index (χ1) is 8.35. The Bertz CT molecular complexity index is 189. The van der Waals surface area contributed by atoms with Crippen LogP contribution in [-0.4, -0.2) is 19.5 Å². The molecule has 0 saturated heterocycles. The summed E-state index contributed by atoms with van der Waals surface area (Å²) in [4.78, 5) is 0. The SMILES string of the molecule is CC/C=C\CC/C=C\C(OCCC)OCCC. The molecular formula is C15H28O2. The van der Waals surface area contributed by atoms with Crippen molar-refractivity contribution in [2.24, 2.45) is 0 Å². The molecule has 0 aliphatic rings. The van der Waals surface area contributed by atoms with Crippen LogP contribution in [0.2, 0.25) is 0 Å². The van der Waals surface area contributed by atoms with E-state index in [9.17, 15) is 0 Å². The lowest BCUT2D eigenvalue weighted by atomic mass is 10.2. The first-order valence-corrected chi connectivity index (χ1v) is 6.89. The Balaban J connectivity index is 3.77. The van der Waals surface area contributed by atoms with Crippen LogP contribution in [0.15, 0.2) is 24.3 Å². The van der Waals surface area contributed by atoms with Crippen LogP contribution in [0.3, 0.4) is 0 Å². The molecule has 0 saturated carbocycles. The summed E-state index contributed by atoms with van der Waals surface area (Å²) in [6, 6.07) is 0. The van der Waals surface area contributed by atoms with E-state index >= 15 is 0 Å². The molecular weight excluding hydrogens is 212 g/mol. The van der Waals surface area contributed by atoms with Crippen LogP contribution in [0.4, 0.5) is 0 Å². The molecule has 0 aliphatic carbocycles. The standard InChI is InChI=1S/C15H28O2/c1-4-7-8-9-10-11-12-15(16-13-5-2)17-14-6-3/h7-8,11-12,15H,4-6,9-10,13-14H2,1-3H3/b8-7-,12-11-. The van der Waals surface area contributed by atoms with Crippen molar-refractivity contribution < 1.29 is 9.47 Å². The molecule has 0 bridgehead atoms. The molecule has 0 radical (unpaired) electrons. The van der Waals surface area contributed by atoms with Crippen molar-refractivity contribution in [3.63, 3.8) is 0 Å². The van der Waals surface area contributed by atoms with Crippen molar-refractivity contribution in [3.8, 4) is 0 Å². The van der Waals surface area contributed by atoms with Gasteiger partial charge in [0.15, 0.2) is 6.29 Å². The Hall–Kier alpha value is -0.600. The molecule has 0 aliphatic heterocycles. The zero-order chi connectivity index (χ0) is 12.8. The van der Waals surface area contributed by atoms with Crippen molar-refractivity contribution in [3.05, 3.63) is 24.3 Å². The van der Waals surface area contributed by atoms with E-state index in [2.05, 4.69) is 39.0 Å². The van der Waals surface area contributed by atoms with Crippen LogP contribution in [0.5, 0.6) is 0 Å². The molecule has 0 N–H and O–H groups in total. The van der Waals surface area contributed by atoms with Gasteiger partial charge in [-0.3, -0.25) is 0 Å². The van der Waals surface area contributed by atoms with E-state index in [0.29, 0.717) is 0 Å². The fraction of sp³-hybridized carbons (Fsp3) is 0.733. The summed E-state index contributed by atoms with van der Waals surface area (Å²) < 4.78 is 11.2. The van der Waals surface area contributed by atoms with E-state index in [1.54, 1.807) is 0 Å². The van der Waals surface area contributed by atoms with E-state index in [0.717, 1.165) is 45.3 Å². The van der Waals surface area contributed by atoms with Gasteiger partial charge in [0.05, 0.1) is 0 Å². The molecule has 0 unspecified atom stereocenters. The highest BCUT2D eigenvalue weighted by atomic mass is 16.7. The van der Waals surface area contributed by atoms with Gasteiger partial charge in [0.2, 0.25) is 0 Å². The lowest BCUT2D eigenvalue weighted by Crippen LogP contribution is -2.15. The highest BCUT2D eigenvalue weighted by molar-refractivity contribution is 4.89. The highest BCUT2D eigenvalue weighted by Gasteiger charge is 2.02. The summed E-state index contributed by atoms with van der Waals surface area (Å²) in [5, 5.41) is 0. The Morgan fingerprint density at radius 1 is 0.824 bits per heavy atom. The van der Waals surface area contributed by atoms with Gasteiger partial charge in [0.25, 0.3) is 0 Å². The Kier molecular flexibility index (Phi) is 13.0. The number of hydrogen-bond donors (Lipinski definition) is 0. The van der Waals surface area contributed by atoms with Crippen LogP contribution in [0, 0.1) is 0 Å². The van der Waals surface area contributed by atoms with Crippen molar-refractivity contribution in [2.45, 2.75) is 59.2 Å². The molecule has 2 heteroatoms. The van der Waals surface area contributed by atoms with Crippen LogP contribution >= 0.6 is 0 Å². The monoisotopic (exact) mass is 240 g/mol. The van der Waals surface area contributed by atoms with Crippen molar-refractivity contribution >= 4 is 0 Å². The topological polar surface area (TPSA) is 18.5 Å².